The average Bonchev–Trinajstić information content (AvgIpc) is 2.55. The molecule has 0 aliphatic carbocycles. The lowest BCUT2D eigenvalue weighted by Gasteiger charge is -2.25. The quantitative estimate of drug-likeness (QED) is 0.777. The van der Waals surface area contributed by atoms with Gasteiger partial charge in [0.2, 0.25) is 0 Å². The van der Waals surface area contributed by atoms with Gasteiger partial charge in [0, 0.05) is 36.8 Å². The van der Waals surface area contributed by atoms with Crippen molar-refractivity contribution in [1.29, 1.82) is 0 Å². The number of nitrogens with zero attached hydrogens (tertiary/aromatic N) is 1. The Labute approximate surface area is 139 Å². The van der Waals surface area contributed by atoms with Gasteiger partial charge in [-0.05, 0) is 12.1 Å². The summed E-state index contributed by atoms with van der Waals surface area (Å²) < 4.78 is 32.1. The first-order valence-corrected chi connectivity index (χ1v) is 7.63. The number of aliphatic hydroxyl groups is 2. The molecule has 0 amide bonds. The first kappa shape index (κ1) is 18.3. The molecule has 2 N–H and O–H groups in total. The molecule has 0 saturated heterocycles. The summed E-state index contributed by atoms with van der Waals surface area (Å²) in [5.74, 6) is -0.781. The van der Waals surface area contributed by atoms with Crippen molar-refractivity contribution in [2.24, 2.45) is 0 Å². The number of ether oxygens (including phenoxy) is 1. The van der Waals surface area contributed by atoms with Crippen LogP contribution in [0.15, 0.2) is 42.5 Å². The van der Waals surface area contributed by atoms with Crippen LogP contribution >= 0.6 is 0 Å². The van der Waals surface area contributed by atoms with Crippen LogP contribution in [0.3, 0.4) is 0 Å². The fraction of sp³-hybridized carbons (Fsp3) is 0.333. The lowest BCUT2D eigenvalue weighted by atomic mass is 10.1. The Morgan fingerprint density at radius 1 is 1.17 bits per heavy atom. The number of methoxy groups -OCH3 is 1. The molecule has 2 aromatic carbocycles. The van der Waals surface area contributed by atoms with E-state index in [1.165, 1.54) is 6.07 Å². The molecule has 0 fully saturated rings. The molecule has 0 saturated carbocycles. The molecule has 24 heavy (non-hydrogen) atoms. The Bertz CT molecular complexity index is 666. The normalized spacial score (nSPS) is 12.4. The molecule has 0 aliphatic heterocycles. The largest absolute Gasteiger partial charge is 0.496 e. The zero-order valence-corrected chi connectivity index (χ0v) is 13.5. The van der Waals surface area contributed by atoms with Crippen LogP contribution in [0.25, 0.3) is 0 Å². The molecule has 0 aliphatic rings. The summed E-state index contributed by atoms with van der Waals surface area (Å²) in [6.07, 6.45) is -1.13. The van der Waals surface area contributed by atoms with E-state index in [2.05, 4.69) is 0 Å². The fourth-order valence-corrected chi connectivity index (χ4v) is 2.57. The fourth-order valence-electron chi connectivity index (χ4n) is 2.57. The number of aliphatic hydroxyl groups excluding tert-OH is 2. The summed E-state index contributed by atoms with van der Waals surface area (Å²) >= 11 is 0. The highest BCUT2D eigenvalue weighted by molar-refractivity contribution is 5.33. The Hall–Kier alpha value is -2.02. The summed E-state index contributed by atoms with van der Waals surface area (Å²) in [6, 6.07) is 10.5. The van der Waals surface area contributed by atoms with Gasteiger partial charge in [-0.25, -0.2) is 8.78 Å². The standard InChI is InChI=1S/C18H21F2NO3/c1-24-18-5-3-2-4-13(18)11-21(8-9-22)12-17(23)15-7-6-14(19)10-16(15)20/h2-7,10,17,22-23H,8-9,11-12H2,1H3. The minimum atomic E-state index is -1.13. The SMILES string of the molecule is COc1ccccc1CN(CCO)CC(O)c1ccc(F)cc1F. The number of hydrogen-bond donors (Lipinski definition) is 2. The molecule has 6 heteroatoms. The van der Waals surface area contributed by atoms with Crippen LogP contribution in [-0.4, -0.2) is 41.9 Å². The Balaban J connectivity index is 2.12. The average molecular weight is 337 g/mol. The first-order chi connectivity index (χ1) is 11.5. The number of hydrogen-bond acceptors (Lipinski definition) is 4. The molecule has 0 radical (unpaired) electrons. The summed E-state index contributed by atoms with van der Waals surface area (Å²) in [7, 11) is 1.57. The van der Waals surface area contributed by atoms with Crippen LogP contribution in [0.2, 0.25) is 0 Å². The second-order valence-electron chi connectivity index (χ2n) is 5.45. The van der Waals surface area contributed by atoms with E-state index in [0.717, 1.165) is 17.7 Å². The third-order valence-electron chi connectivity index (χ3n) is 3.76. The summed E-state index contributed by atoms with van der Waals surface area (Å²) in [5.41, 5.74) is 0.916. The molecule has 0 aromatic heterocycles. The Morgan fingerprint density at radius 2 is 1.92 bits per heavy atom. The number of rotatable bonds is 8. The van der Waals surface area contributed by atoms with Crippen molar-refractivity contribution in [1.82, 2.24) is 4.90 Å². The van der Waals surface area contributed by atoms with Gasteiger partial charge in [0.15, 0.2) is 0 Å². The maximum atomic E-state index is 13.8. The number of halogens is 2. The zero-order chi connectivity index (χ0) is 17.5. The van der Waals surface area contributed by atoms with Gasteiger partial charge in [-0.1, -0.05) is 24.3 Å². The minimum absolute atomic E-state index is 0.0272. The maximum Gasteiger partial charge on any atom is 0.131 e. The highest BCUT2D eigenvalue weighted by Gasteiger charge is 2.18. The number of benzene rings is 2. The lowest BCUT2D eigenvalue weighted by molar-refractivity contribution is 0.0927. The van der Waals surface area contributed by atoms with E-state index >= 15 is 0 Å². The summed E-state index contributed by atoms with van der Waals surface area (Å²) in [6.45, 7) is 0.720. The van der Waals surface area contributed by atoms with Crippen LogP contribution in [-0.2, 0) is 6.54 Å². The van der Waals surface area contributed by atoms with Gasteiger partial charge in [-0.15, -0.1) is 0 Å². The maximum absolute atomic E-state index is 13.8. The predicted octanol–water partition coefficient (Wildman–Crippen LogP) is 2.50. The zero-order valence-electron chi connectivity index (χ0n) is 13.5. The second kappa shape index (κ2) is 8.73. The minimum Gasteiger partial charge on any atom is -0.496 e. The van der Waals surface area contributed by atoms with E-state index in [1.54, 1.807) is 12.0 Å². The lowest BCUT2D eigenvalue weighted by Crippen LogP contribution is -2.31. The third-order valence-corrected chi connectivity index (χ3v) is 3.76. The van der Waals surface area contributed by atoms with Crippen molar-refractivity contribution in [3.05, 3.63) is 65.2 Å². The van der Waals surface area contributed by atoms with E-state index in [0.29, 0.717) is 18.8 Å². The van der Waals surface area contributed by atoms with Gasteiger partial charge in [-0.2, -0.15) is 0 Å². The second-order valence-corrected chi connectivity index (χ2v) is 5.45. The van der Waals surface area contributed by atoms with Gasteiger partial charge in [0.25, 0.3) is 0 Å². The van der Waals surface area contributed by atoms with E-state index < -0.39 is 17.7 Å². The van der Waals surface area contributed by atoms with Gasteiger partial charge >= 0.3 is 0 Å². The van der Waals surface area contributed by atoms with E-state index in [9.17, 15) is 19.0 Å². The first-order valence-electron chi connectivity index (χ1n) is 7.63. The summed E-state index contributed by atoms with van der Waals surface area (Å²) in [5, 5.41) is 19.5. The van der Waals surface area contributed by atoms with Crippen LogP contribution in [0.5, 0.6) is 5.75 Å². The van der Waals surface area contributed by atoms with Gasteiger partial charge in [-0.3, -0.25) is 4.90 Å². The summed E-state index contributed by atoms with van der Waals surface area (Å²) in [4.78, 5) is 1.78. The monoisotopic (exact) mass is 337 g/mol. The van der Waals surface area contributed by atoms with Crippen molar-refractivity contribution < 1.29 is 23.7 Å². The molecular formula is C18H21F2NO3. The molecule has 0 spiro atoms. The molecule has 4 nitrogen and oxygen atoms in total. The third kappa shape index (κ3) is 4.74. The molecule has 2 aromatic rings. The van der Waals surface area contributed by atoms with E-state index in [-0.39, 0.29) is 18.7 Å². The molecule has 2 rings (SSSR count). The predicted molar refractivity (Wildman–Crippen MR) is 86.7 cm³/mol. The molecule has 130 valence electrons. The van der Waals surface area contributed by atoms with Crippen LogP contribution in [0.1, 0.15) is 17.2 Å². The topological polar surface area (TPSA) is 52.9 Å². The molecular weight excluding hydrogens is 316 g/mol. The van der Waals surface area contributed by atoms with Crippen molar-refractivity contribution in [3.8, 4) is 5.75 Å². The van der Waals surface area contributed by atoms with E-state index in [4.69, 9.17) is 4.74 Å². The van der Waals surface area contributed by atoms with Crippen LogP contribution < -0.4 is 4.74 Å². The van der Waals surface area contributed by atoms with Crippen molar-refractivity contribution in [2.75, 3.05) is 26.8 Å². The van der Waals surface area contributed by atoms with Crippen molar-refractivity contribution in [2.45, 2.75) is 12.6 Å². The molecule has 0 bridgehead atoms. The highest BCUT2D eigenvalue weighted by atomic mass is 19.1. The van der Waals surface area contributed by atoms with Crippen LogP contribution in [0, 0.1) is 11.6 Å². The van der Waals surface area contributed by atoms with Crippen molar-refractivity contribution in [3.63, 3.8) is 0 Å². The van der Waals surface area contributed by atoms with Gasteiger partial charge < -0.3 is 14.9 Å². The smallest absolute Gasteiger partial charge is 0.131 e. The van der Waals surface area contributed by atoms with Crippen LogP contribution in [0.4, 0.5) is 8.78 Å². The Morgan fingerprint density at radius 3 is 2.58 bits per heavy atom. The molecule has 1 unspecified atom stereocenters. The van der Waals surface area contributed by atoms with Crippen molar-refractivity contribution >= 4 is 0 Å². The van der Waals surface area contributed by atoms with E-state index in [1.807, 2.05) is 24.3 Å². The highest BCUT2D eigenvalue weighted by Crippen LogP contribution is 2.23. The van der Waals surface area contributed by atoms with Gasteiger partial charge in [0.1, 0.15) is 17.4 Å². The Kier molecular flexibility index (Phi) is 6.66. The number of para-hydroxylation sites is 1. The molecule has 0 heterocycles. The van der Waals surface area contributed by atoms with Gasteiger partial charge in [0.05, 0.1) is 19.8 Å². The molecule has 1 atom stereocenters.